The number of aliphatic hydroxyl groups excluding tert-OH is 1. The van der Waals surface area contributed by atoms with E-state index >= 15 is 0 Å². The molecule has 2 fully saturated rings. The third-order valence-electron chi connectivity index (χ3n) is 7.31. The number of unbranched alkanes of at least 4 members (excludes halogenated alkanes) is 2. The zero-order valence-corrected chi connectivity index (χ0v) is 24.6. The Kier molecular flexibility index (Phi) is 10.7. The molecule has 2 aliphatic heterocycles. The average Bonchev–Trinajstić information content (AvgIpc) is 3.23. The van der Waals surface area contributed by atoms with Gasteiger partial charge in [0, 0.05) is 31.7 Å². The number of rotatable bonds is 13. The highest BCUT2D eigenvalue weighted by Gasteiger charge is 2.46. The zero-order valence-electron chi connectivity index (χ0n) is 24.6. The van der Waals surface area contributed by atoms with E-state index in [2.05, 4.69) is 11.8 Å². The highest BCUT2D eigenvalue weighted by atomic mass is 16.5. The lowest BCUT2D eigenvalue weighted by atomic mass is 9.95. The van der Waals surface area contributed by atoms with Gasteiger partial charge < -0.3 is 29.0 Å². The second kappa shape index (κ2) is 14.4. The van der Waals surface area contributed by atoms with E-state index in [4.69, 9.17) is 18.9 Å². The summed E-state index contributed by atoms with van der Waals surface area (Å²) in [4.78, 5) is 30.7. The number of ether oxygens (including phenoxy) is 4. The molecule has 0 bridgehead atoms. The Bertz CT molecular complexity index is 1220. The monoisotopic (exact) mass is 566 g/mol. The molecule has 9 nitrogen and oxygen atoms in total. The largest absolute Gasteiger partial charge is 0.507 e. The van der Waals surface area contributed by atoms with Crippen LogP contribution in [0.1, 0.15) is 57.2 Å². The van der Waals surface area contributed by atoms with E-state index in [1.54, 1.807) is 48.4 Å². The van der Waals surface area contributed by atoms with E-state index in [-0.39, 0.29) is 17.4 Å². The molecule has 2 saturated heterocycles. The molecule has 1 amide bonds. The SMILES string of the molecule is CCCCCOc1ccc(C2C(=C(O)c3ccc(OC(C)C)cc3)C(=O)C(=O)N2CCN2CCOCC2)cc1OC. The Hall–Kier alpha value is -3.56. The lowest BCUT2D eigenvalue weighted by Crippen LogP contribution is -2.42. The molecule has 0 aliphatic carbocycles. The Labute approximate surface area is 242 Å². The second-order valence-corrected chi connectivity index (χ2v) is 10.6. The molecule has 1 unspecified atom stereocenters. The van der Waals surface area contributed by atoms with Gasteiger partial charge in [-0.25, -0.2) is 0 Å². The first-order valence-corrected chi connectivity index (χ1v) is 14.5. The quantitative estimate of drug-likeness (QED) is 0.160. The molecule has 0 spiro atoms. The predicted octanol–water partition coefficient (Wildman–Crippen LogP) is 4.81. The topological polar surface area (TPSA) is 97.8 Å². The molecular weight excluding hydrogens is 524 g/mol. The molecule has 41 heavy (non-hydrogen) atoms. The number of carbonyl (C=O) groups is 2. The molecule has 0 aromatic heterocycles. The van der Waals surface area contributed by atoms with Gasteiger partial charge in [0.25, 0.3) is 11.7 Å². The fourth-order valence-corrected chi connectivity index (χ4v) is 5.16. The number of carbonyl (C=O) groups excluding carboxylic acids is 2. The van der Waals surface area contributed by atoms with E-state index in [1.165, 1.54) is 0 Å². The Balaban J connectivity index is 1.70. The Morgan fingerprint density at radius 3 is 2.41 bits per heavy atom. The summed E-state index contributed by atoms with van der Waals surface area (Å²) in [6, 6.07) is 11.5. The average molecular weight is 567 g/mol. The lowest BCUT2D eigenvalue weighted by Gasteiger charge is -2.31. The van der Waals surface area contributed by atoms with E-state index in [9.17, 15) is 14.7 Å². The fraction of sp³-hybridized carbons (Fsp3) is 0.500. The Morgan fingerprint density at radius 1 is 1.02 bits per heavy atom. The summed E-state index contributed by atoms with van der Waals surface area (Å²) in [5.41, 5.74) is 1.14. The maximum absolute atomic E-state index is 13.5. The number of methoxy groups -OCH3 is 1. The van der Waals surface area contributed by atoms with Crippen LogP contribution in [-0.4, -0.2) is 85.8 Å². The smallest absolute Gasteiger partial charge is 0.295 e. The molecule has 0 radical (unpaired) electrons. The van der Waals surface area contributed by atoms with E-state index in [0.717, 1.165) is 32.4 Å². The predicted molar refractivity (Wildman–Crippen MR) is 156 cm³/mol. The van der Waals surface area contributed by atoms with Crippen LogP contribution in [-0.2, 0) is 14.3 Å². The molecular formula is C32H42N2O7. The van der Waals surface area contributed by atoms with Crippen molar-refractivity contribution in [3.8, 4) is 17.2 Å². The minimum absolute atomic E-state index is 0.000172. The third kappa shape index (κ3) is 7.40. The normalized spacial score (nSPS) is 19.1. The summed E-state index contributed by atoms with van der Waals surface area (Å²) in [5, 5.41) is 11.5. The summed E-state index contributed by atoms with van der Waals surface area (Å²) in [7, 11) is 1.56. The highest BCUT2D eigenvalue weighted by Crippen LogP contribution is 2.42. The van der Waals surface area contributed by atoms with Gasteiger partial charge in [-0.1, -0.05) is 25.8 Å². The maximum atomic E-state index is 13.5. The van der Waals surface area contributed by atoms with Crippen molar-refractivity contribution >= 4 is 17.4 Å². The van der Waals surface area contributed by atoms with Crippen LogP contribution < -0.4 is 14.2 Å². The van der Waals surface area contributed by atoms with Crippen molar-refractivity contribution in [1.29, 1.82) is 0 Å². The Morgan fingerprint density at radius 2 is 1.76 bits per heavy atom. The van der Waals surface area contributed by atoms with Crippen molar-refractivity contribution < 1.29 is 33.6 Å². The van der Waals surface area contributed by atoms with Crippen LogP contribution in [0.3, 0.4) is 0 Å². The molecule has 2 aliphatic rings. The lowest BCUT2D eigenvalue weighted by molar-refractivity contribution is -0.140. The number of aliphatic hydroxyl groups is 1. The van der Waals surface area contributed by atoms with Gasteiger partial charge in [-0.2, -0.15) is 0 Å². The number of hydrogen-bond donors (Lipinski definition) is 1. The van der Waals surface area contributed by atoms with E-state index < -0.39 is 17.7 Å². The summed E-state index contributed by atoms with van der Waals surface area (Å²) >= 11 is 0. The molecule has 4 rings (SSSR count). The number of hydrogen-bond acceptors (Lipinski definition) is 8. The minimum Gasteiger partial charge on any atom is -0.507 e. The van der Waals surface area contributed by atoms with Gasteiger partial charge in [0.2, 0.25) is 0 Å². The van der Waals surface area contributed by atoms with Gasteiger partial charge >= 0.3 is 0 Å². The van der Waals surface area contributed by atoms with Crippen molar-refractivity contribution in [1.82, 2.24) is 9.80 Å². The van der Waals surface area contributed by atoms with Crippen LogP contribution >= 0.6 is 0 Å². The molecule has 1 atom stereocenters. The van der Waals surface area contributed by atoms with Crippen LogP contribution in [0, 0.1) is 0 Å². The molecule has 2 heterocycles. The molecule has 2 aromatic rings. The number of likely N-dealkylation sites (tertiary alicyclic amines) is 1. The number of nitrogens with zero attached hydrogens (tertiary/aromatic N) is 2. The first-order chi connectivity index (χ1) is 19.8. The fourth-order valence-electron chi connectivity index (χ4n) is 5.16. The molecule has 222 valence electrons. The van der Waals surface area contributed by atoms with Crippen molar-refractivity contribution in [2.45, 2.75) is 52.2 Å². The molecule has 1 N–H and O–H groups in total. The summed E-state index contributed by atoms with van der Waals surface area (Å²) in [5.74, 6) is 0.182. The summed E-state index contributed by atoms with van der Waals surface area (Å²) in [6.45, 7) is 10.3. The van der Waals surface area contributed by atoms with Crippen molar-refractivity contribution in [3.05, 3.63) is 59.2 Å². The van der Waals surface area contributed by atoms with Crippen molar-refractivity contribution in [2.75, 3.05) is 53.1 Å². The summed E-state index contributed by atoms with van der Waals surface area (Å²) in [6.07, 6.45) is 3.10. The minimum atomic E-state index is -0.786. The van der Waals surface area contributed by atoms with Gasteiger partial charge in [0.15, 0.2) is 11.5 Å². The summed E-state index contributed by atoms with van der Waals surface area (Å²) < 4.78 is 22.8. The second-order valence-electron chi connectivity index (χ2n) is 10.6. The van der Waals surface area contributed by atoms with Crippen LogP contribution in [0.4, 0.5) is 0 Å². The van der Waals surface area contributed by atoms with Gasteiger partial charge in [0.1, 0.15) is 11.5 Å². The van der Waals surface area contributed by atoms with Crippen molar-refractivity contribution in [2.24, 2.45) is 0 Å². The third-order valence-corrected chi connectivity index (χ3v) is 7.31. The van der Waals surface area contributed by atoms with Gasteiger partial charge in [0.05, 0.1) is 44.6 Å². The maximum Gasteiger partial charge on any atom is 0.295 e. The van der Waals surface area contributed by atoms with Gasteiger partial charge in [-0.3, -0.25) is 14.5 Å². The van der Waals surface area contributed by atoms with E-state index in [0.29, 0.717) is 61.3 Å². The first kappa shape index (κ1) is 30.4. The molecule has 9 heteroatoms. The standard InChI is InChI=1S/C32H42N2O7/c1-5-6-7-18-40-26-13-10-24(21-27(26)38-4)29-28(30(35)23-8-11-25(12-9-23)41-22(2)3)31(36)32(37)34(29)15-14-33-16-19-39-20-17-33/h8-13,21-22,29,35H,5-7,14-20H2,1-4H3. The molecule has 0 saturated carbocycles. The number of amides is 1. The van der Waals surface area contributed by atoms with Crippen LogP contribution in [0.25, 0.3) is 5.76 Å². The first-order valence-electron chi connectivity index (χ1n) is 14.5. The van der Waals surface area contributed by atoms with E-state index in [1.807, 2.05) is 19.9 Å². The number of benzene rings is 2. The number of ketones is 1. The molecule has 2 aromatic carbocycles. The van der Waals surface area contributed by atoms with Crippen LogP contribution in [0.2, 0.25) is 0 Å². The highest BCUT2D eigenvalue weighted by molar-refractivity contribution is 6.46. The van der Waals surface area contributed by atoms with Gasteiger partial charge in [-0.05, 0) is 62.2 Å². The number of morpholine rings is 1. The van der Waals surface area contributed by atoms with Gasteiger partial charge in [-0.15, -0.1) is 0 Å². The zero-order chi connectivity index (χ0) is 29.4. The van der Waals surface area contributed by atoms with Crippen LogP contribution in [0.5, 0.6) is 17.2 Å². The van der Waals surface area contributed by atoms with Crippen molar-refractivity contribution in [3.63, 3.8) is 0 Å². The van der Waals surface area contributed by atoms with Crippen LogP contribution in [0.15, 0.2) is 48.0 Å². The number of Topliss-reactive ketones (excluding diaryl/α,β-unsaturated/α-hetero) is 1.